The molecular weight excluding hydrogens is 200 g/mol. The average Bonchev–Trinajstić information content (AvgIpc) is 2.02. The van der Waals surface area contributed by atoms with Crippen molar-refractivity contribution in [3.8, 4) is 0 Å². The van der Waals surface area contributed by atoms with E-state index in [-0.39, 0.29) is 6.61 Å². The highest BCUT2D eigenvalue weighted by Crippen LogP contribution is 1.81. The minimum absolute atomic E-state index is 0.0289. The van der Waals surface area contributed by atoms with Gasteiger partial charge in [-0.3, -0.25) is 4.55 Å². The smallest absolute Gasteiger partial charge is 0.397 e. The van der Waals surface area contributed by atoms with Gasteiger partial charge in [0.05, 0.1) is 13.7 Å². The molecule has 13 heavy (non-hydrogen) atoms. The molecule has 0 unspecified atom stereocenters. The van der Waals surface area contributed by atoms with Gasteiger partial charge in [0.1, 0.15) is 0 Å². The molecule has 6 nitrogen and oxygen atoms in total. The molecule has 0 aromatic rings. The Morgan fingerprint density at radius 3 is 2.08 bits per heavy atom. The van der Waals surface area contributed by atoms with Crippen LogP contribution in [-0.4, -0.2) is 32.7 Å². The molecule has 0 amide bonds. The molecule has 0 fully saturated rings. The molecule has 0 aliphatic carbocycles. The Bertz CT molecular complexity index is 242. The fraction of sp³-hybridized carbons (Fsp3) is 0.500. The zero-order valence-corrected chi connectivity index (χ0v) is 8.20. The molecule has 0 radical (unpaired) electrons. The fourth-order valence-electron chi connectivity index (χ4n) is 0.232. The third-order valence-electron chi connectivity index (χ3n) is 0.635. The van der Waals surface area contributed by atoms with Crippen molar-refractivity contribution >= 4 is 16.4 Å². The van der Waals surface area contributed by atoms with Gasteiger partial charge in [-0.05, 0) is 6.92 Å². The van der Waals surface area contributed by atoms with E-state index in [1.165, 1.54) is 14.0 Å². The van der Waals surface area contributed by atoms with Gasteiger partial charge in [-0.1, -0.05) is 6.58 Å². The van der Waals surface area contributed by atoms with E-state index in [2.05, 4.69) is 15.5 Å². The number of hydrogen-bond acceptors (Lipinski definition) is 5. The lowest BCUT2D eigenvalue weighted by Gasteiger charge is -1.88. The Labute approximate surface area is 77.1 Å². The van der Waals surface area contributed by atoms with Crippen molar-refractivity contribution in [3.63, 3.8) is 0 Å². The topological polar surface area (TPSA) is 89.9 Å². The number of esters is 1. The summed E-state index contributed by atoms with van der Waals surface area (Å²) in [6.07, 6.45) is 1.11. The summed E-state index contributed by atoms with van der Waals surface area (Å²) in [6.45, 7) is 4.59. The Morgan fingerprint density at radius 2 is 2.08 bits per heavy atom. The summed E-state index contributed by atoms with van der Waals surface area (Å²) >= 11 is 0. The molecule has 1 N–H and O–H groups in total. The second kappa shape index (κ2) is 7.71. The molecule has 0 heterocycles. The molecule has 0 saturated carbocycles. The summed E-state index contributed by atoms with van der Waals surface area (Å²) in [5.74, 6) is -0.394. The van der Waals surface area contributed by atoms with Crippen LogP contribution >= 0.6 is 0 Å². The summed E-state index contributed by atoms with van der Waals surface area (Å²) in [5, 5.41) is 0. The normalized spacial score (nSPS) is 9.46. The van der Waals surface area contributed by atoms with Crippen LogP contribution in [0.4, 0.5) is 0 Å². The molecule has 7 heteroatoms. The van der Waals surface area contributed by atoms with Gasteiger partial charge in [0.25, 0.3) is 0 Å². The maximum absolute atomic E-state index is 9.84. The second-order valence-electron chi connectivity index (χ2n) is 1.56. The van der Waals surface area contributed by atoms with Gasteiger partial charge >= 0.3 is 16.4 Å². The van der Waals surface area contributed by atoms with E-state index in [0.717, 1.165) is 6.08 Å². The van der Waals surface area contributed by atoms with Crippen molar-refractivity contribution < 1.29 is 26.7 Å². The van der Waals surface area contributed by atoms with Gasteiger partial charge in [-0.15, -0.1) is 0 Å². The van der Waals surface area contributed by atoms with Gasteiger partial charge in [0.15, 0.2) is 0 Å². The number of hydrogen-bond donors (Lipinski definition) is 1. The minimum atomic E-state index is -4.17. The molecule has 0 atom stereocenters. The first-order chi connectivity index (χ1) is 5.87. The van der Waals surface area contributed by atoms with Crippen LogP contribution in [0.2, 0.25) is 0 Å². The molecule has 0 rings (SSSR count). The van der Waals surface area contributed by atoms with Crippen molar-refractivity contribution in [2.24, 2.45) is 0 Å². The van der Waals surface area contributed by atoms with Gasteiger partial charge in [-0.25, -0.2) is 8.98 Å². The maximum Gasteiger partial charge on any atom is 0.397 e. The van der Waals surface area contributed by atoms with E-state index in [0.29, 0.717) is 0 Å². The lowest BCUT2D eigenvalue weighted by atomic mass is 10.7. The highest BCUT2D eigenvalue weighted by Gasteiger charge is 1.98. The lowest BCUT2D eigenvalue weighted by Crippen LogP contribution is -2.01. The van der Waals surface area contributed by atoms with E-state index in [9.17, 15) is 13.2 Å². The zero-order valence-electron chi connectivity index (χ0n) is 7.39. The van der Waals surface area contributed by atoms with Crippen molar-refractivity contribution in [2.45, 2.75) is 6.92 Å². The second-order valence-corrected chi connectivity index (χ2v) is 2.65. The highest BCUT2D eigenvalue weighted by atomic mass is 32.3. The minimum Gasteiger partial charge on any atom is -0.466 e. The van der Waals surface area contributed by atoms with E-state index < -0.39 is 16.4 Å². The van der Waals surface area contributed by atoms with Crippen LogP contribution in [-0.2, 0) is 24.1 Å². The molecule has 0 saturated heterocycles. The number of ether oxygens (including phenoxy) is 1. The summed E-state index contributed by atoms with van der Waals surface area (Å²) < 4.78 is 34.8. The Balaban J connectivity index is 0. The third kappa shape index (κ3) is 18.2. The standard InChI is InChI=1S/C4H6O2.C2H6O4S/c1-3-4(5)6-2;1-2-6-7(3,4)5/h3H,1H2,2H3;2H2,1H3,(H,3,4,5). The average molecular weight is 212 g/mol. The maximum atomic E-state index is 9.84. The summed E-state index contributed by atoms with van der Waals surface area (Å²) in [5.41, 5.74) is 0. The lowest BCUT2D eigenvalue weighted by molar-refractivity contribution is -0.134. The summed E-state index contributed by atoms with van der Waals surface area (Å²) in [6, 6.07) is 0. The van der Waals surface area contributed by atoms with Crippen LogP contribution in [0.5, 0.6) is 0 Å². The molecule has 78 valence electrons. The van der Waals surface area contributed by atoms with Crippen LogP contribution in [0.3, 0.4) is 0 Å². The monoisotopic (exact) mass is 212 g/mol. The van der Waals surface area contributed by atoms with Crippen molar-refractivity contribution in [2.75, 3.05) is 13.7 Å². The predicted molar refractivity (Wildman–Crippen MR) is 45.4 cm³/mol. The fourth-order valence-corrected chi connectivity index (χ4v) is 0.530. The summed E-state index contributed by atoms with van der Waals surface area (Å²) in [7, 11) is -2.86. The van der Waals surface area contributed by atoms with E-state index in [1.54, 1.807) is 0 Å². The Kier molecular flexibility index (Phi) is 8.66. The SMILES string of the molecule is C=CC(=O)OC.CCOS(=O)(=O)O. The van der Waals surface area contributed by atoms with Gasteiger partial charge in [0.2, 0.25) is 0 Å². The first-order valence-corrected chi connectivity index (χ1v) is 4.56. The predicted octanol–water partition coefficient (Wildman–Crippen LogP) is 0.171. The van der Waals surface area contributed by atoms with E-state index in [1.807, 2.05) is 0 Å². The third-order valence-corrected chi connectivity index (χ3v) is 1.17. The Hall–Kier alpha value is -0.920. The van der Waals surface area contributed by atoms with Crippen molar-refractivity contribution in [1.29, 1.82) is 0 Å². The highest BCUT2D eigenvalue weighted by molar-refractivity contribution is 7.80. The van der Waals surface area contributed by atoms with Gasteiger partial charge in [0, 0.05) is 6.08 Å². The first-order valence-electron chi connectivity index (χ1n) is 3.19. The van der Waals surface area contributed by atoms with Crippen LogP contribution in [0, 0.1) is 0 Å². The molecule has 0 aromatic heterocycles. The van der Waals surface area contributed by atoms with Crippen molar-refractivity contribution in [3.05, 3.63) is 12.7 Å². The number of carbonyl (C=O) groups is 1. The van der Waals surface area contributed by atoms with Crippen LogP contribution < -0.4 is 0 Å². The molecular formula is C6H12O6S. The molecule has 0 spiro atoms. The number of carbonyl (C=O) groups excluding carboxylic acids is 1. The Morgan fingerprint density at radius 1 is 1.62 bits per heavy atom. The first kappa shape index (κ1) is 14.6. The van der Waals surface area contributed by atoms with Gasteiger partial charge in [-0.2, -0.15) is 8.42 Å². The number of rotatable bonds is 3. The van der Waals surface area contributed by atoms with Crippen LogP contribution in [0.15, 0.2) is 12.7 Å². The molecule has 0 bridgehead atoms. The summed E-state index contributed by atoms with van der Waals surface area (Å²) in [4.78, 5) is 9.84. The largest absolute Gasteiger partial charge is 0.466 e. The van der Waals surface area contributed by atoms with E-state index >= 15 is 0 Å². The van der Waals surface area contributed by atoms with Crippen LogP contribution in [0.1, 0.15) is 6.92 Å². The van der Waals surface area contributed by atoms with Gasteiger partial charge < -0.3 is 4.74 Å². The van der Waals surface area contributed by atoms with E-state index in [4.69, 9.17) is 4.55 Å². The molecule has 0 aromatic carbocycles. The van der Waals surface area contributed by atoms with Crippen molar-refractivity contribution in [1.82, 2.24) is 0 Å². The number of methoxy groups -OCH3 is 1. The molecule has 0 aliphatic heterocycles. The quantitative estimate of drug-likeness (QED) is 0.407. The molecule has 0 aliphatic rings. The zero-order chi connectivity index (χ0) is 10.9. The van der Waals surface area contributed by atoms with Crippen LogP contribution in [0.25, 0.3) is 0 Å².